The van der Waals surface area contributed by atoms with Gasteiger partial charge in [-0.3, -0.25) is 4.90 Å². The summed E-state index contributed by atoms with van der Waals surface area (Å²) in [6.45, 7) is 11.2. The zero-order chi connectivity index (χ0) is 15.6. The molecule has 0 bridgehead atoms. The summed E-state index contributed by atoms with van der Waals surface area (Å²) in [5.74, 6) is 0.527. The van der Waals surface area contributed by atoms with Gasteiger partial charge in [0, 0.05) is 0 Å². The second kappa shape index (κ2) is 6.22. The first-order valence-corrected chi connectivity index (χ1v) is 7.86. The third-order valence-corrected chi connectivity index (χ3v) is 4.78. The first kappa shape index (κ1) is 16.1. The number of aromatic carboxylic acids is 1. The van der Waals surface area contributed by atoms with E-state index in [4.69, 9.17) is 9.52 Å². The molecule has 0 aromatic carbocycles. The molecule has 2 rings (SSSR count). The molecule has 0 aliphatic carbocycles. The van der Waals surface area contributed by atoms with Crippen LogP contribution in [0.5, 0.6) is 0 Å². The smallest absolute Gasteiger partial charge is 0.371 e. The van der Waals surface area contributed by atoms with Gasteiger partial charge in [-0.25, -0.2) is 4.79 Å². The van der Waals surface area contributed by atoms with Crippen LogP contribution in [0.25, 0.3) is 0 Å². The molecule has 4 heteroatoms. The van der Waals surface area contributed by atoms with E-state index in [0.29, 0.717) is 5.41 Å². The SMILES string of the molecule is CC(c1ccc(C(=O)O)o1)N1CCCC(C(C)(C)C)CC1. The van der Waals surface area contributed by atoms with Gasteiger partial charge in [-0.15, -0.1) is 0 Å². The van der Waals surface area contributed by atoms with Gasteiger partial charge in [-0.2, -0.15) is 0 Å². The van der Waals surface area contributed by atoms with E-state index in [1.54, 1.807) is 12.1 Å². The summed E-state index contributed by atoms with van der Waals surface area (Å²) in [7, 11) is 0. The standard InChI is InChI=1S/C17H27NO3/c1-12(14-7-8-15(21-14)16(19)20)18-10-5-6-13(9-11-18)17(2,3)4/h7-8,12-13H,5-6,9-11H2,1-4H3,(H,19,20). The second-order valence-electron chi connectivity index (χ2n) is 7.21. The molecule has 2 unspecified atom stereocenters. The van der Waals surface area contributed by atoms with Crippen LogP contribution in [-0.2, 0) is 0 Å². The molecular weight excluding hydrogens is 266 g/mol. The molecule has 0 saturated carbocycles. The van der Waals surface area contributed by atoms with Crippen LogP contribution in [0.4, 0.5) is 0 Å². The molecule has 21 heavy (non-hydrogen) atoms. The first-order chi connectivity index (χ1) is 9.79. The zero-order valence-corrected chi connectivity index (χ0v) is 13.6. The van der Waals surface area contributed by atoms with Gasteiger partial charge in [-0.1, -0.05) is 20.8 Å². The summed E-state index contributed by atoms with van der Waals surface area (Å²) in [5.41, 5.74) is 0.362. The Hall–Kier alpha value is -1.29. The Morgan fingerprint density at radius 3 is 2.62 bits per heavy atom. The third kappa shape index (κ3) is 3.88. The molecule has 0 radical (unpaired) electrons. The van der Waals surface area contributed by atoms with Gasteiger partial charge in [0.25, 0.3) is 0 Å². The van der Waals surface area contributed by atoms with Gasteiger partial charge < -0.3 is 9.52 Å². The number of nitrogens with zero attached hydrogens (tertiary/aromatic N) is 1. The summed E-state index contributed by atoms with van der Waals surface area (Å²) >= 11 is 0. The van der Waals surface area contributed by atoms with E-state index < -0.39 is 5.97 Å². The van der Waals surface area contributed by atoms with Crippen molar-refractivity contribution < 1.29 is 14.3 Å². The summed E-state index contributed by atoms with van der Waals surface area (Å²) < 4.78 is 5.45. The molecule has 1 aromatic heterocycles. The predicted octanol–water partition coefficient (Wildman–Crippen LogP) is 4.19. The van der Waals surface area contributed by atoms with Crippen LogP contribution in [-0.4, -0.2) is 29.1 Å². The van der Waals surface area contributed by atoms with E-state index in [1.165, 1.54) is 19.3 Å². The molecule has 1 N–H and O–H groups in total. The fourth-order valence-electron chi connectivity index (χ4n) is 3.24. The minimum absolute atomic E-state index is 0.0271. The molecule has 0 amide bonds. The van der Waals surface area contributed by atoms with Gasteiger partial charge in [0.15, 0.2) is 0 Å². The van der Waals surface area contributed by atoms with Crippen molar-refractivity contribution in [2.24, 2.45) is 11.3 Å². The van der Waals surface area contributed by atoms with Crippen molar-refractivity contribution in [3.05, 3.63) is 23.7 Å². The average molecular weight is 293 g/mol. The maximum absolute atomic E-state index is 10.9. The van der Waals surface area contributed by atoms with Gasteiger partial charge in [0.1, 0.15) is 5.76 Å². The highest BCUT2D eigenvalue weighted by atomic mass is 16.4. The molecule has 1 fully saturated rings. The molecule has 1 aromatic rings. The normalized spacial score (nSPS) is 22.8. The summed E-state index contributed by atoms with van der Waals surface area (Å²) in [4.78, 5) is 13.3. The van der Waals surface area contributed by atoms with Crippen molar-refractivity contribution in [3.8, 4) is 0 Å². The second-order valence-corrected chi connectivity index (χ2v) is 7.21. The quantitative estimate of drug-likeness (QED) is 0.908. The lowest BCUT2D eigenvalue weighted by atomic mass is 9.77. The number of likely N-dealkylation sites (tertiary alicyclic amines) is 1. The van der Waals surface area contributed by atoms with Crippen molar-refractivity contribution in [3.63, 3.8) is 0 Å². The van der Waals surface area contributed by atoms with Crippen molar-refractivity contribution in [1.82, 2.24) is 4.90 Å². The topological polar surface area (TPSA) is 53.7 Å². The van der Waals surface area contributed by atoms with Gasteiger partial charge in [0.2, 0.25) is 5.76 Å². The van der Waals surface area contributed by atoms with E-state index in [-0.39, 0.29) is 11.8 Å². The molecule has 2 atom stereocenters. The predicted molar refractivity (Wildman–Crippen MR) is 82.5 cm³/mol. The molecule has 1 aliphatic heterocycles. The number of hydrogen-bond donors (Lipinski definition) is 1. The van der Waals surface area contributed by atoms with E-state index in [2.05, 4.69) is 32.6 Å². The maximum Gasteiger partial charge on any atom is 0.371 e. The average Bonchev–Trinajstić information content (AvgIpc) is 2.74. The molecule has 4 nitrogen and oxygen atoms in total. The highest BCUT2D eigenvalue weighted by Gasteiger charge is 2.29. The molecule has 1 aliphatic rings. The van der Waals surface area contributed by atoms with Gasteiger partial charge in [0.05, 0.1) is 6.04 Å². The Bertz CT molecular complexity index is 486. The Kier molecular flexibility index (Phi) is 4.77. The van der Waals surface area contributed by atoms with Crippen LogP contribution in [0.3, 0.4) is 0 Å². The van der Waals surface area contributed by atoms with Crippen molar-refractivity contribution in [1.29, 1.82) is 0 Å². The number of hydrogen-bond acceptors (Lipinski definition) is 3. The number of carbonyl (C=O) groups is 1. The monoisotopic (exact) mass is 293 g/mol. The number of carboxylic acids is 1. The Morgan fingerprint density at radius 1 is 1.33 bits per heavy atom. The summed E-state index contributed by atoms with van der Waals surface area (Å²) in [6, 6.07) is 3.47. The zero-order valence-electron chi connectivity index (χ0n) is 13.6. The number of carboxylic acid groups (broad SMARTS) is 1. The highest BCUT2D eigenvalue weighted by Crippen LogP contribution is 2.36. The van der Waals surface area contributed by atoms with Crippen LogP contribution >= 0.6 is 0 Å². The van der Waals surface area contributed by atoms with E-state index in [9.17, 15) is 4.79 Å². The number of rotatable bonds is 3. The lowest BCUT2D eigenvalue weighted by Crippen LogP contribution is -2.28. The van der Waals surface area contributed by atoms with Crippen LogP contribution in [0.15, 0.2) is 16.5 Å². The van der Waals surface area contributed by atoms with E-state index in [0.717, 1.165) is 24.8 Å². The molecular formula is C17H27NO3. The first-order valence-electron chi connectivity index (χ1n) is 7.86. The van der Waals surface area contributed by atoms with Crippen LogP contribution < -0.4 is 0 Å². The Labute approximate surface area is 127 Å². The Morgan fingerprint density at radius 2 is 2.05 bits per heavy atom. The molecule has 118 valence electrons. The number of furan rings is 1. The van der Waals surface area contributed by atoms with Crippen molar-refractivity contribution >= 4 is 5.97 Å². The van der Waals surface area contributed by atoms with Crippen molar-refractivity contribution in [2.75, 3.05) is 13.1 Å². The third-order valence-electron chi connectivity index (χ3n) is 4.78. The summed E-state index contributed by atoms with van der Waals surface area (Å²) in [6.07, 6.45) is 3.66. The molecule has 0 spiro atoms. The summed E-state index contributed by atoms with van der Waals surface area (Å²) in [5, 5.41) is 8.95. The van der Waals surface area contributed by atoms with Crippen LogP contribution in [0.2, 0.25) is 0 Å². The van der Waals surface area contributed by atoms with Crippen molar-refractivity contribution in [2.45, 2.75) is 53.0 Å². The van der Waals surface area contributed by atoms with E-state index in [1.807, 2.05) is 0 Å². The van der Waals surface area contributed by atoms with Gasteiger partial charge in [-0.05, 0) is 62.7 Å². The fourth-order valence-corrected chi connectivity index (χ4v) is 3.24. The molecule has 2 heterocycles. The van der Waals surface area contributed by atoms with E-state index >= 15 is 0 Å². The minimum atomic E-state index is -1.00. The van der Waals surface area contributed by atoms with Crippen LogP contribution in [0, 0.1) is 11.3 Å². The minimum Gasteiger partial charge on any atom is -0.475 e. The Balaban J connectivity index is 2.02. The highest BCUT2D eigenvalue weighted by molar-refractivity contribution is 5.84. The largest absolute Gasteiger partial charge is 0.475 e. The van der Waals surface area contributed by atoms with Gasteiger partial charge >= 0.3 is 5.97 Å². The molecule has 1 saturated heterocycles. The lowest BCUT2D eigenvalue weighted by Gasteiger charge is -2.30. The lowest BCUT2D eigenvalue weighted by molar-refractivity contribution is 0.0655. The van der Waals surface area contributed by atoms with Crippen LogP contribution in [0.1, 0.15) is 69.3 Å². The fraction of sp³-hybridized carbons (Fsp3) is 0.706. The maximum atomic E-state index is 10.9.